The van der Waals surface area contributed by atoms with Crippen LogP contribution in [-0.4, -0.2) is 48.3 Å². The molecule has 5 nitrogen and oxygen atoms in total. The first-order valence-corrected chi connectivity index (χ1v) is 8.16. The first kappa shape index (κ1) is 16.3. The van der Waals surface area contributed by atoms with Crippen LogP contribution in [0.1, 0.15) is 11.1 Å². The molecule has 1 fully saturated rings. The molecule has 0 aromatic heterocycles. The van der Waals surface area contributed by atoms with Gasteiger partial charge in [0.15, 0.2) is 0 Å². The molecule has 0 radical (unpaired) electrons. The van der Waals surface area contributed by atoms with E-state index in [9.17, 15) is 15.0 Å². The van der Waals surface area contributed by atoms with E-state index in [1.807, 2.05) is 31.2 Å². The van der Waals surface area contributed by atoms with Crippen molar-refractivity contribution in [2.45, 2.75) is 6.92 Å². The van der Waals surface area contributed by atoms with Crippen LogP contribution >= 0.6 is 0 Å². The molecule has 3 rings (SSSR count). The van der Waals surface area contributed by atoms with Gasteiger partial charge in [0.1, 0.15) is 0 Å². The van der Waals surface area contributed by atoms with E-state index in [4.69, 9.17) is 0 Å². The van der Waals surface area contributed by atoms with E-state index in [1.54, 1.807) is 29.0 Å². The number of benzene rings is 2. The number of carbonyl (C=O) groups excluding carboxylic acids is 1. The summed E-state index contributed by atoms with van der Waals surface area (Å²) in [5, 5.41) is 19.3. The Morgan fingerprint density at radius 2 is 1.75 bits per heavy atom. The second kappa shape index (κ2) is 6.15. The fourth-order valence-corrected chi connectivity index (χ4v) is 3.08. The van der Waals surface area contributed by atoms with Crippen LogP contribution in [0.25, 0.3) is 6.08 Å². The van der Waals surface area contributed by atoms with Crippen molar-refractivity contribution in [1.29, 1.82) is 0 Å². The van der Waals surface area contributed by atoms with Gasteiger partial charge >= 0.3 is 147 Å². The molecule has 0 aliphatic carbocycles. The number of likely N-dealkylation sites (N-methyl/N-ethyl adjacent to an activating group) is 1. The number of phenolic OH excluding ortho intramolecular Hbond substituents is 2. The number of amides is 1. The van der Waals surface area contributed by atoms with E-state index >= 15 is 0 Å². The van der Waals surface area contributed by atoms with Crippen LogP contribution in [-0.2, 0) is 4.79 Å². The minimum absolute atomic E-state index is 0.0295. The normalized spacial score (nSPS) is 16.3. The van der Waals surface area contributed by atoms with Gasteiger partial charge in [0, 0.05) is 0 Å². The molecule has 0 unspecified atom stereocenters. The third-order valence-electron chi connectivity index (χ3n) is 3.86. The van der Waals surface area contributed by atoms with Crippen molar-refractivity contribution >= 4 is 37.9 Å². The zero-order valence-corrected chi connectivity index (χ0v) is 14.9. The third-order valence-corrected chi connectivity index (χ3v) is 4.82. The molecular weight excluding hydrogens is 371 g/mol. The monoisotopic (exact) mass is 388 g/mol. The van der Waals surface area contributed by atoms with Crippen LogP contribution in [0.4, 0.5) is 5.69 Å². The van der Waals surface area contributed by atoms with Crippen molar-refractivity contribution in [1.82, 2.24) is 4.90 Å². The second-order valence-corrected chi connectivity index (χ2v) is 6.36. The van der Waals surface area contributed by atoms with E-state index in [2.05, 4.69) is 15.6 Å². The topological polar surface area (TPSA) is 64.0 Å². The van der Waals surface area contributed by atoms with Gasteiger partial charge in [0.05, 0.1) is 0 Å². The summed E-state index contributed by atoms with van der Waals surface area (Å²) in [6.07, 6.45) is 1.60. The van der Waals surface area contributed by atoms with Crippen LogP contribution in [0.5, 0.6) is 11.5 Å². The van der Waals surface area contributed by atoms with Gasteiger partial charge in [-0.3, -0.25) is 0 Å². The second-order valence-electron chi connectivity index (χ2n) is 5.59. The summed E-state index contributed by atoms with van der Waals surface area (Å²) in [4.78, 5) is 16.2. The first-order chi connectivity index (χ1) is 11.4. The summed E-state index contributed by atoms with van der Waals surface area (Å²) < 4.78 is 0.661. The summed E-state index contributed by atoms with van der Waals surface area (Å²) in [6, 6.07) is 11.9. The quantitative estimate of drug-likeness (QED) is 0.611. The molecule has 2 aromatic rings. The molecule has 0 spiro atoms. The summed E-state index contributed by atoms with van der Waals surface area (Å²) >= 11 is 2.93. The van der Waals surface area contributed by atoms with Crippen molar-refractivity contribution in [3.8, 4) is 11.5 Å². The molecule has 6 heteroatoms. The number of carbonyl (C=O) groups is 1. The van der Waals surface area contributed by atoms with Crippen LogP contribution in [0.2, 0.25) is 0 Å². The Morgan fingerprint density at radius 1 is 1.08 bits per heavy atom. The van der Waals surface area contributed by atoms with Gasteiger partial charge < -0.3 is 0 Å². The SMILES string of the molecule is Cc1ccc(N2C(=O)/C(=C\c3ccc(O)cc3O)N(C)C2=[Se])cc1. The Bertz CT molecular complexity index is 859. The van der Waals surface area contributed by atoms with Crippen LogP contribution in [0.15, 0.2) is 48.2 Å². The fourth-order valence-electron chi connectivity index (χ4n) is 2.48. The van der Waals surface area contributed by atoms with Crippen LogP contribution in [0.3, 0.4) is 0 Å². The molecule has 122 valence electrons. The third kappa shape index (κ3) is 2.82. The number of hydrogen-bond donors (Lipinski definition) is 2. The van der Waals surface area contributed by atoms with E-state index in [-0.39, 0.29) is 17.4 Å². The van der Waals surface area contributed by atoms with Gasteiger partial charge in [-0.05, 0) is 0 Å². The van der Waals surface area contributed by atoms with Crippen molar-refractivity contribution in [2.24, 2.45) is 0 Å². The maximum atomic E-state index is 12.8. The van der Waals surface area contributed by atoms with E-state index in [0.29, 0.717) is 15.9 Å². The number of aryl methyl sites for hydroxylation is 1. The van der Waals surface area contributed by atoms with E-state index in [0.717, 1.165) is 11.3 Å². The molecule has 1 amide bonds. The summed E-state index contributed by atoms with van der Waals surface area (Å²) in [7, 11) is 1.78. The van der Waals surface area contributed by atoms with Crippen molar-refractivity contribution in [3.05, 3.63) is 59.3 Å². The van der Waals surface area contributed by atoms with Crippen molar-refractivity contribution in [2.75, 3.05) is 11.9 Å². The first-order valence-electron chi connectivity index (χ1n) is 7.31. The molecule has 24 heavy (non-hydrogen) atoms. The minimum atomic E-state index is -0.192. The summed E-state index contributed by atoms with van der Waals surface area (Å²) in [5.74, 6) is -0.306. The zero-order chi connectivity index (χ0) is 17.4. The molecule has 0 atom stereocenters. The molecular formula is C18H16N2O3Se. The Morgan fingerprint density at radius 3 is 2.38 bits per heavy atom. The predicted octanol–water partition coefficient (Wildman–Crippen LogP) is 1.98. The zero-order valence-electron chi connectivity index (χ0n) is 13.2. The molecule has 2 N–H and O–H groups in total. The molecule has 0 bridgehead atoms. The Labute approximate surface area is 147 Å². The number of hydrogen-bond acceptors (Lipinski definition) is 4. The van der Waals surface area contributed by atoms with Gasteiger partial charge in [-0.2, -0.15) is 0 Å². The van der Waals surface area contributed by atoms with Gasteiger partial charge in [0.25, 0.3) is 0 Å². The molecule has 1 saturated heterocycles. The summed E-state index contributed by atoms with van der Waals surface area (Å²) in [6.45, 7) is 1.99. The van der Waals surface area contributed by atoms with Crippen molar-refractivity contribution in [3.63, 3.8) is 0 Å². The van der Waals surface area contributed by atoms with E-state index < -0.39 is 0 Å². The van der Waals surface area contributed by atoms with Gasteiger partial charge in [-0.15, -0.1) is 0 Å². The molecule has 1 aliphatic heterocycles. The number of nitrogens with zero attached hydrogens (tertiary/aromatic N) is 2. The molecule has 0 saturated carbocycles. The van der Waals surface area contributed by atoms with E-state index in [1.165, 1.54) is 12.1 Å². The summed E-state index contributed by atoms with van der Waals surface area (Å²) in [5.41, 5.74) is 2.77. The average Bonchev–Trinajstić information content (AvgIpc) is 2.74. The number of anilines is 1. The molecule has 1 aliphatic rings. The molecule has 1 heterocycles. The Balaban J connectivity index is 2.01. The molecule has 2 aromatic carbocycles. The number of aromatic hydroxyl groups is 2. The van der Waals surface area contributed by atoms with Gasteiger partial charge in [-0.1, -0.05) is 0 Å². The number of phenols is 2. The Kier molecular flexibility index (Phi) is 4.18. The van der Waals surface area contributed by atoms with Gasteiger partial charge in [0.2, 0.25) is 0 Å². The fraction of sp³-hybridized carbons (Fsp3) is 0.111. The maximum absolute atomic E-state index is 12.8. The van der Waals surface area contributed by atoms with Crippen LogP contribution < -0.4 is 4.90 Å². The van der Waals surface area contributed by atoms with Crippen LogP contribution in [0, 0.1) is 6.92 Å². The predicted molar refractivity (Wildman–Crippen MR) is 94.9 cm³/mol. The number of rotatable bonds is 2. The van der Waals surface area contributed by atoms with Crippen molar-refractivity contribution < 1.29 is 15.0 Å². The average molecular weight is 387 g/mol. The Hall–Kier alpha value is -2.56. The standard InChI is InChI=1S/C18H16N2O3Se/c1-11-3-6-13(7-4-11)20-17(23)15(19(2)18(20)24)9-12-5-8-14(21)10-16(12)22/h3-10,21-22H,1-2H3/b15-9+. The van der Waals surface area contributed by atoms with Gasteiger partial charge in [-0.25, -0.2) is 0 Å².